The lowest BCUT2D eigenvalue weighted by molar-refractivity contribution is -0.527. The van der Waals surface area contributed by atoms with Crippen molar-refractivity contribution < 1.29 is 19.3 Å². The Kier molecular flexibility index (Phi) is 11.4. The molecule has 2 atom stereocenters. The van der Waals surface area contributed by atoms with Crippen molar-refractivity contribution in [2.75, 3.05) is 13.1 Å². The Morgan fingerprint density at radius 1 is 0.917 bits per heavy atom. The van der Waals surface area contributed by atoms with Gasteiger partial charge in [-0.25, -0.2) is 4.79 Å². The molecule has 0 bridgehead atoms. The van der Waals surface area contributed by atoms with E-state index < -0.39 is 23.7 Å². The monoisotopic (exact) mass is 509 g/mol. The number of carbonyl (C=O) groups is 3. The Balaban J connectivity index is 2.10. The third-order valence-electron chi connectivity index (χ3n) is 7.03. The largest absolute Gasteiger partial charge is 0.350 e. The number of hydrogen-bond donors (Lipinski definition) is 3. The number of nitrogens with zero attached hydrogens (tertiary/aromatic N) is 2. The summed E-state index contributed by atoms with van der Waals surface area (Å²) in [6, 6.07) is -2.26. The molecule has 0 aromatic heterocycles. The Morgan fingerprint density at radius 2 is 1.50 bits per heavy atom. The molecule has 10 nitrogen and oxygen atoms in total. The number of carbonyl (C=O) groups excluding carboxylic acids is 3. The summed E-state index contributed by atoms with van der Waals surface area (Å²) >= 11 is 0. The van der Waals surface area contributed by atoms with Gasteiger partial charge in [0.05, 0.1) is 0 Å². The summed E-state index contributed by atoms with van der Waals surface area (Å²) in [5.41, 5.74) is -0.471. The number of nitro groups is 1. The van der Waals surface area contributed by atoms with E-state index in [0.29, 0.717) is 51.6 Å². The maximum atomic E-state index is 13.4. The zero-order valence-electron chi connectivity index (χ0n) is 22.8. The van der Waals surface area contributed by atoms with Gasteiger partial charge in [-0.15, -0.1) is 0 Å². The Labute approximate surface area is 215 Å². The van der Waals surface area contributed by atoms with Gasteiger partial charge in [-0.2, -0.15) is 0 Å². The summed E-state index contributed by atoms with van der Waals surface area (Å²) in [6.07, 6.45) is 7.30. The third kappa shape index (κ3) is 10.3. The van der Waals surface area contributed by atoms with E-state index in [1.807, 2.05) is 34.6 Å². The fourth-order valence-electron chi connectivity index (χ4n) is 5.10. The number of nitrogens with one attached hydrogen (secondary N) is 3. The molecular formula is C26H47N5O5. The van der Waals surface area contributed by atoms with Crippen LogP contribution in [-0.4, -0.2) is 64.4 Å². The van der Waals surface area contributed by atoms with Crippen molar-refractivity contribution in [3.63, 3.8) is 0 Å². The van der Waals surface area contributed by atoms with Gasteiger partial charge in [-0.05, 0) is 71.1 Å². The van der Waals surface area contributed by atoms with Crippen LogP contribution in [0.15, 0.2) is 0 Å². The molecule has 2 rings (SSSR count). The van der Waals surface area contributed by atoms with Crippen LogP contribution in [0, 0.1) is 22.0 Å². The molecule has 1 saturated carbocycles. The number of amides is 4. The first-order chi connectivity index (χ1) is 16.9. The summed E-state index contributed by atoms with van der Waals surface area (Å²) in [7, 11) is 0. The highest BCUT2D eigenvalue weighted by Gasteiger charge is 2.34. The van der Waals surface area contributed by atoms with E-state index >= 15 is 0 Å². The van der Waals surface area contributed by atoms with Crippen molar-refractivity contribution >= 4 is 17.8 Å². The molecule has 3 N–H and O–H groups in total. The van der Waals surface area contributed by atoms with Crippen molar-refractivity contribution in [2.45, 2.75) is 122 Å². The highest BCUT2D eigenvalue weighted by Crippen LogP contribution is 2.29. The van der Waals surface area contributed by atoms with Crippen LogP contribution >= 0.6 is 0 Å². The lowest BCUT2D eigenvalue weighted by Gasteiger charge is -2.31. The highest BCUT2D eigenvalue weighted by atomic mass is 16.6. The van der Waals surface area contributed by atoms with Crippen LogP contribution in [0.25, 0.3) is 0 Å². The number of rotatable bonds is 9. The van der Waals surface area contributed by atoms with Crippen LogP contribution in [0.3, 0.4) is 0 Å². The molecule has 1 aliphatic carbocycles. The molecule has 0 aromatic rings. The molecule has 0 spiro atoms. The first-order valence-electron chi connectivity index (χ1n) is 13.7. The van der Waals surface area contributed by atoms with E-state index in [1.165, 1.54) is 0 Å². The lowest BCUT2D eigenvalue weighted by Crippen LogP contribution is -2.58. The normalized spacial score (nSPS) is 22.8. The third-order valence-corrected chi connectivity index (χ3v) is 7.03. The Hall–Kier alpha value is -2.39. The number of hydrogen-bond acceptors (Lipinski definition) is 5. The van der Waals surface area contributed by atoms with Crippen LogP contribution in [0.1, 0.15) is 98.8 Å². The minimum atomic E-state index is -0.765. The molecule has 0 aromatic carbocycles. The maximum Gasteiger partial charge on any atom is 0.318 e. The zero-order chi connectivity index (χ0) is 26.9. The van der Waals surface area contributed by atoms with Gasteiger partial charge in [-0.1, -0.05) is 26.7 Å². The van der Waals surface area contributed by atoms with Crippen molar-refractivity contribution in [1.29, 1.82) is 0 Å². The quantitative estimate of drug-likeness (QED) is 0.322. The number of likely N-dealkylation sites (tertiary alicyclic amines) is 1. The summed E-state index contributed by atoms with van der Waals surface area (Å²) in [6.45, 7) is 11.0. The van der Waals surface area contributed by atoms with E-state index in [4.69, 9.17) is 0 Å². The first kappa shape index (κ1) is 29.8. The molecular weight excluding hydrogens is 462 g/mol. The first-order valence-corrected chi connectivity index (χ1v) is 13.7. The van der Waals surface area contributed by atoms with Gasteiger partial charge in [0.25, 0.3) is 0 Å². The molecule has 0 radical (unpaired) electrons. The van der Waals surface area contributed by atoms with Crippen molar-refractivity contribution in [2.24, 2.45) is 11.8 Å². The average molecular weight is 510 g/mol. The molecule has 2 aliphatic rings. The van der Waals surface area contributed by atoms with Crippen LogP contribution in [0.4, 0.5) is 4.79 Å². The van der Waals surface area contributed by atoms with Gasteiger partial charge in [0.2, 0.25) is 17.9 Å². The summed E-state index contributed by atoms with van der Waals surface area (Å²) < 4.78 is 0. The minimum absolute atomic E-state index is 0.118. The number of urea groups is 1. The average Bonchev–Trinajstić information content (AvgIpc) is 3.06. The minimum Gasteiger partial charge on any atom is -0.350 e. The van der Waals surface area contributed by atoms with Gasteiger partial charge in [0.15, 0.2) is 0 Å². The van der Waals surface area contributed by atoms with Crippen molar-refractivity contribution in [3.8, 4) is 0 Å². The van der Waals surface area contributed by atoms with Crippen molar-refractivity contribution in [3.05, 3.63) is 10.1 Å². The molecule has 4 amide bonds. The second kappa shape index (κ2) is 13.8. The summed E-state index contributed by atoms with van der Waals surface area (Å²) in [5, 5.41) is 19.9. The molecule has 1 saturated heterocycles. The van der Waals surface area contributed by atoms with Crippen LogP contribution < -0.4 is 16.0 Å². The molecule has 2 fully saturated rings. The van der Waals surface area contributed by atoms with Gasteiger partial charge in [-0.3, -0.25) is 19.7 Å². The predicted octanol–water partition coefficient (Wildman–Crippen LogP) is 3.61. The van der Waals surface area contributed by atoms with Gasteiger partial charge < -0.3 is 20.9 Å². The van der Waals surface area contributed by atoms with Gasteiger partial charge in [0, 0.05) is 36.4 Å². The molecule has 10 heteroatoms. The van der Waals surface area contributed by atoms with Crippen molar-refractivity contribution in [1.82, 2.24) is 20.9 Å². The van der Waals surface area contributed by atoms with Gasteiger partial charge >= 0.3 is 6.03 Å². The van der Waals surface area contributed by atoms with Crippen LogP contribution in [0.2, 0.25) is 0 Å². The zero-order valence-corrected chi connectivity index (χ0v) is 22.8. The maximum absolute atomic E-state index is 13.4. The van der Waals surface area contributed by atoms with Crippen LogP contribution in [-0.2, 0) is 9.59 Å². The van der Waals surface area contributed by atoms with Gasteiger partial charge in [0.1, 0.15) is 12.1 Å². The molecule has 1 heterocycles. The SMILES string of the molecule is CC(C)CC(NC(=O)N1CCCCCC1)C(=O)NC(CC1CCC([N+](=O)[O-])CC1)C(=O)NC(C)(C)C. The highest BCUT2D eigenvalue weighted by molar-refractivity contribution is 5.92. The molecule has 36 heavy (non-hydrogen) atoms. The van der Waals surface area contributed by atoms with E-state index in [1.54, 1.807) is 4.90 Å². The summed E-state index contributed by atoms with van der Waals surface area (Å²) in [4.78, 5) is 52.2. The van der Waals surface area contributed by atoms with E-state index in [0.717, 1.165) is 25.7 Å². The standard InChI is InChI=1S/C26H47N5O5/c1-18(2)16-21(28-25(34)30-14-8-6-7-9-15-30)23(32)27-22(24(33)29-26(3,4)5)17-19-10-12-20(13-11-19)31(35)36/h18-22H,6-17H2,1-5H3,(H,27,32)(H,28,34)(H,29,33). The topological polar surface area (TPSA) is 134 Å². The smallest absolute Gasteiger partial charge is 0.318 e. The van der Waals surface area contributed by atoms with E-state index in [2.05, 4.69) is 16.0 Å². The molecule has 206 valence electrons. The molecule has 1 aliphatic heterocycles. The fourth-order valence-corrected chi connectivity index (χ4v) is 5.10. The van der Waals surface area contributed by atoms with E-state index in [9.17, 15) is 24.5 Å². The second-order valence-electron chi connectivity index (χ2n) is 12.0. The van der Waals surface area contributed by atoms with Crippen LogP contribution in [0.5, 0.6) is 0 Å². The Morgan fingerprint density at radius 3 is 2.00 bits per heavy atom. The fraction of sp³-hybridized carbons (Fsp3) is 0.885. The molecule has 2 unspecified atom stereocenters. The second-order valence-corrected chi connectivity index (χ2v) is 12.0. The van der Waals surface area contributed by atoms with E-state index in [-0.39, 0.29) is 34.6 Å². The summed E-state index contributed by atoms with van der Waals surface area (Å²) in [5.74, 6) is -0.341. The lowest BCUT2D eigenvalue weighted by atomic mass is 9.82. The Bertz CT molecular complexity index is 750. The predicted molar refractivity (Wildman–Crippen MR) is 139 cm³/mol.